The molecule has 238 valence electrons. The maximum atomic E-state index is 15.2. The van der Waals surface area contributed by atoms with Gasteiger partial charge in [-0.1, -0.05) is 25.8 Å². The van der Waals surface area contributed by atoms with Gasteiger partial charge in [-0.2, -0.15) is 13.2 Å². The van der Waals surface area contributed by atoms with Gasteiger partial charge in [-0.25, -0.2) is 12.8 Å². The van der Waals surface area contributed by atoms with E-state index in [1.165, 1.54) is 25.3 Å². The number of hydrogen-bond acceptors (Lipinski definition) is 7. The molecule has 0 aliphatic carbocycles. The van der Waals surface area contributed by atoms with Crippen molar-refractivity contribution >= 4 is 37.9 Å². The molecule has 3 aromatic rings. The summed E-state index contributed by atoms with van der Waals surface area (Å²) in [6, 6.07) is 10.2. The molecule has 8 nitrogen and oxygen atoms in total. The van der Waals surface area contributed by atoms with Crippen LogP contribution in [0.1, 0.15) is 26.0 Å². The van der Waals surface area contributed by atoms with Crippen molar-refractivity contribution in [2.24, 2.45) is 5.92 Å². The summed E-state index contributed by atoms with van der Waals surface area (Å²) < 4.78 is 86.0. The van der Waals surface area contributed by atoms with Crippen molar-refractivity contribution in [1.29, 1.82) is 0 Å². The van der Waals surface area contributed by atoms with Gasteiger partial charge in [0.25, 0.3) is 0 Å². The molecule has 1 aromatic heterocycles. The molecule has 0 saturated carbocycles. The summed E-state index contributed by atoms with van der Waals surface area (Å²) in [6.07, 6.45) is -4.27. The first-order chi connectivity index (χ1) is 20.7. The Labute approximate surface area is 254 Å². The zero-order chi connectivity index (χ0) is 32.2. The van der Waals surface area contributed by atoms with Gasteiger partial charge in [0, 0.05) is 42.4 Å². The summed E-state index contributed by atoms with van der Waals surface area (Å²) in [5.74, 6) is 5.84. The second-order valence-electron chi connectivity index (χ2n) is 11.2. The summed E-state index contributed by atoms with van der Waals surface area (Å²) in [4.78, 5) is 14.0. The smallest absolute Gasteiger partial charge is 0.406 e. The number of methoxy groups -OCH3 is 1. The molecule has 4 rings (SSSR count). The van der Waals surface area contributed by atoms with Gasteiger partial charge in [0.05, 0.1) is 48.0 Å². The monoisotopic (exact) mass is 636 g/mol. The summed E-state index contributed by atoms with van der Waals surface area (Å²) in [6.45, 7) is 3.20. The first-order valence-corrected chi connectivity index (χ1v) is 16.0. The zero-order valence-electron chi connectivity index (χ0n) is 25.0. The highest BCUT2D eigenvalue weighted by Crippen LogP contribution is 2.32. The number of carbonyl (C=O) groups is 1. The Balaban J connectivity index is 1.55. The van der Waals surface area contributed by atoms with Gasteiger partial charge >= 0.3 is 6.18 Å². The molecule has 1 aliphatic heterocycles. The van der Waals surface area contributed by atoms with E-state index in [4.69, 9.17) is 4.74 Å². The predicted octanol–water partition coefficient (Wildman–Crippen LogP) is 5.13. The van der Waals surface area contributed by atoms with Crippen LogP contribution < -0.4 is 15.4 Å². The lowest BCUT2D eigenvalue weighted by Gasteiger charge is -2.35. The number of alkyl halides is 4. The van der Waals surface area contributed by atoms with Crippen molar-refractivity contribution in [3.05, 3.63) is 48.2 Å². The first kappa shape index (κ1) is 33.1. The van der Waals surface area contributed by atoms with Gasteiger partial charge in [-0.05, 0) is 42.7 Å². The van der Waals surface area contributed by atoms with Crippen LogP contribution in [0, 0.1) is 17.8 Å². The number of benzene rings is 2. The highest BCUT2D eigenvalue weighted by Gasteiger charge is 2.32. The Morgan fingerprint density at radius 2 is 1.91 bits per heavy atom. The lowest BCUT2D eigenvalue weighted by atomic mass is 10.0. The number of piperidine rings is 1. The highest BCUT2D eigenvalue weighted by molar-refractivity contribution is 7.90. The number of sulfone groups is 1. The number of hydrogen-bond donors (Lipinski definition) is 2. The van der Waals surface area contributed by atoms with Crippen molar-refractivity contribution in [3.63, 3.8) is 0 Å². The van der Waals surface area contributed by atoms with E-state index in [0.717, 1.165) is 10.8 Å². The first-order valence-electron chi connectivity index (χ1n) is 14.1. The number of likely N-dealkylation sites (tertiary alicyclic amines) is 1. The molecular weight excluding hydrogens is 600 g/mol. The number of anilines is 2. The Bertz CT molecular complexity index is 1680. The fourth-order valence-electron chi connectivity index (χ4n) is 5.06. The maximum absolute atomic E-state index is 15.2. The van der Waals surface area contributed by atoms with Crippen LogP contribution in [0.5, 0.6) is 5.75 Å². The fraction of sp³-hybridized carbons (Fsp3) is 0.452. The lowest BCUT2D eigenvalue weighted by molar-refractivity contribution is -0.140. The number of ketones is 1. The fourth-order valence-corrected chi connectivity index (χ4v) is 5.70. The number of aromatic nitrogens is 1. The van der Waals surface area contributed by atoms with Crippen LogP contribution in [-0.2, 0) is 21.2 Å². The van der Waals surface area contributed by atoms with Crippen LogP contribution in [0.25, 0.3) is 10.9 Å². The summed E-state index contributed by atoms with van der Waals surface area (Å²) in [5.41, 5.74) is 1.40. The molecule has 0 unspecified atom stereocenters. The number of rotatable bonds is 10. The number of halogens is 4. The average molecular weight is 637 g/mol. The van der Waals surface area contributed by atoms with E-state index < -0.39 is 34.8 Å². The molecule has 44 heavy (non-hydrogen) atoms. The Morgan fingerprint density at radius 1 is 1.16 bits per heavy atom. The highest BCUT2D eigenvalue weighted by atomic mass is 32.2. The molecule has 0 spiro atoms. The quantitative estimate of drug-likeness (QED) is 0.236. The van der Waals surface area contributed by atoms with Crippen molar-refractivity contribution in [2.75, 3.05) is 50.2 Å². The second kappa shape index (κ2) is 13.5. The molecule has 2 atom stereocenters. The number of carbonyl (C=O) groups excluding carboxylic acids is 1. The van der Waals surface area contributed by atoms with Crippen molar-refractivity contribution in [2.45, 2.75) is 50.1 Å². The van der Waals surface area contributed by atoms with Gasteiger partial charge < -0.3 is 19.9 Å². The molecule has 13 heteroatoms. The SMILES string of the molecule is COc1cc(S(C)(=O)=O)ccc1NCC#Cc1cc2c(N[C@@H]3CCN(CC(=O)C(C)C)C[C@@H]3F)cccc2n1CC(F)(F)F. The molecule has 2 heterocycles. The summed E-state index contributed by atoms with van der Waals surface area (Å²) in [5, 5.41) is 6.68. The van der Waals surface area contributed by atoms with Crippen LogP contribution in [0.2, 0.25) is 0 Å². The Morgan fingerprint density at radius 3 is 2.55 bits per heavy atom. The normalized spacial score (nSPS) is 17.8. The largest absolute Gasteiger partial charge is 0.495 e. The van der Waals surface area contributed by atoms with Crippen molar-refractivity contribution in [3.8, 4) is 17.6 Å². The standard InChI is InChI=1S/C31H36F4N4O4S/c1-20(2)29(40)18-38-14-12-26(24(32)17-38)37-25-8-5-9-28-23(25)15-21(39(28)19-31(33,34)35)7-6-13-36-27-11-10-22(44(4,41)42)16-30(27)43-3/h5,8-11,15-16,20,24,26,36-37H,12-14,17-19H2,1-4H3/t24-,26+/m0/s1. The third-order valence-corrected chi connectivity index (χ3v) is 8.57. The third kappa shape index (κ3) is 8.24. The molecular formula is C31H36F4N4O4S. The third-order valence-electron chi connectivity index (χ3n) is 7.46. The van der Waals surface area contributed by atoms with Gasteiger partial charge in [-0.3, -0.25) is 9.69 Å². The average Bonchev–Trinajstić information content (AvgIpc) is 3.28. The van der Waals surface area contributed by atoms with Crippen LogP contribution in [0.15, 0.2) is 47.4 Å². The number of Topliss-reactive ketones (excluding diaryl/α,β-unsaturated/α-hetero) is 1. The lowest BCUT2D eigenvalue weighted by Crippen LogP contribution is -2.49. The van der Waals surface area contributed by atoms with E-state index in [1.54, 1.807) is 29.2 Å². The van der Waals surface area contributed by atoms with Gasteiger partial charge in [0.1, 0.15) is 24.2 Å². The van der Waals surface area contributed by atoms with Crippen molar-refractivity contribution in [1.82, 2.24) is 9.47 Å². The zero-order valence-corrected chi connectivity index (χ0v) is 25.8. The van der Waals surface area contributed by atoms with E-state index in [2.05, 4.69) is 22.5 Å². The minimum absolute atomic E-state index is 0.0364. The van der Waals surface area contributed by atoms with Crippen LogP contribution in [0.3, 0.4) is 0 Å². The molecule has 0 amide bonds. The summed E-state index contributed by atoms with van der Waals surface area (Å²) in [7, 11) is -2.05. The number of nitrogens with zero attached hydrogens (tertiary/aromatic N) is 2. The van der Waals surface area contributed by atoms with Gasteiger partial charge in [-0.15, -0.1) is 0 Å². The minimum Gasteiger partial charge on any atom is -0.495 e. The van der Waals surface area contributed by atoms with E-state index >= 15 is 4.39 Å². The van der Waals surface area contributed by atoms with Crippen molar-refractivity contribution < 1.29 is 35.5 Å². The Kier molecular flexibility index (Phi) is 10.2. The van der Waals surface area contributed by atoms with Crippen LogP contribution >= 0.6 is 0 Å². The number of nitrogens with one attached hydrogen (secondary N) is 2. The van der Waals surface area contributed by atoms with Gasteiger partial charge in [0.2, 0.25) is 0 Å². The van der Waals surface area contributed by atoms with E-state index in [0.29, 0.717) is 35.2 Å². The molecule has 0 bridgehead atoms. The number of ether oxygens (including phenoxy) is 1. The molecule has 1 saturated heterocycles. The molecule has 0 radical (unpaired) electrons. The molecule has 2 N–H and O–H groups in total. The van der Waals surface area contributed by atoms with Gasteiger partial charge in [0.15, 0.2) is 9.84 Å². The second-order valence-corrected chi connectivity index (χ2v) is 13.2. The molecule has 1 aliphatic rings. The molecule has 2 aromatic carbocycles. The van der Waals surface area contributed by atoms with Crippen LogP contribution in [-0.4, -0.2) is 81.6 Å². The van der Waals surface area contributed by atoms with E-state index in [9.17, 15) is 26.4 Å². The predicted molar refractivity (Wildman–Crippen MR) is 163 cm³/mol. The van der Waals surface area contributed by atoms with Crippen LogP contribution in [0.4, 0.5) is 28.9 Å². The topological polar surface area (TPSA) is 92.7 Å². The van der Waals surface area contributed by atoms with E-state index in [-0.39, 0.29) is 47.7 Å². The number of fused-ring (bicyclic) bond motifs is 1. The maximum Gasteiger partial charge on any atom is 0.406 e. The minimum atomic E-state index is -4.51. The Hall–Kier alpha value is -3.76. The summed E-state index contributed by atoms with van der Waals surface area (Å²) >= 11 is 0. The molecule has 1 fully saturated rings. The van der Waals surface area contributed by atoms with E-state index in [1.807, 2.05) is 13.8 Å².